The summed E-state index contributed by atoms with van der Waals surface area (Å²) in [5.41, 5.74) is 6.11. The fraction of sp³-hybridized carbons (Fsp3) is 0.182. The molecule has 0 bridgehead atoms. The number of nitrogens with zero attached hydrogens (tertiary/aromatic N) is 5. The minimum Gasteiger partial charge on any atom is -0.459 e. The summed E-state index contributed by atoms with van der Waals surface area (Å²) in [6, 6.07) is 5.27. The Morgan fingerprint density at radius 2 is 2.37 bits per heavy atom. The Kier molecular flexibility index (Phi) is 3.68. The maximum Gasteiger partial charge on any atom is 0.328 e. The standard InChI is InChI=1S/C11H10N6O2/c12-4-9-8(2-1-3-14-9)6-19-10(18)5-17-7-15-11(13)16-17/h1-3,7H,5-6H2,(H2,13,16). The Morgan fingerprint density at radius 1 is 1.53 bits per heavy atom. The van der Waals surface area contributed by atoms with Crippen LogP contribution in [0, 0.1) is 11.3 Å². The summed E-state index contributed by atoms with van der Waals surface area (Å²) in [6.07, 6.45) is 2.84. The molecule has 0 saturated heterocycles. The molecule has 0 aliphatic carbocycles. The molecule has 0 saturated carbocycles. The van der Waals surface area contributed by atoms with E-state index >= 15 is 0 Å². The van der Waals surface area contributed by atoms with Crippen LogP contribution in [0.4, 0.5) is 5.95 Å². The summed E-state index contributed by atoms with van der Waals surface area (Å²) in [7, 11) is 0. The first kappa shape index (κ1) is 12.5. The summed E-state index contributed by atoms with van der Waals surface area (Å²) in [6.45, 7) is -0.105. The first-order valence-electron chi connectivity index (χ1n) is 5.33. The Morgan fingerprint density at radius 3 is 3.05 bits per heavy atom. The minimum absolute atomic E-state index is 0.0141. The number of carbonyl (C=O) groups excluding carboxylic acids is 1. The normalized spacial score (nSPS) is 9.84. The van der Waals surface area contributed by atoms with E-state index in [1.807, 2.05) is 6.07 Å². The lowest BCUT2D eigenvalue weighted by atomic mass is 10.2. The summed E-state index contributed by atoms with van der Waals surface area (Å²) in [5, 5.41) is 12.6. The van der Waals surface area contributed by atoms with Crippen LogP contribution >= 0.6 is 0 Å². The van der Waals surface area contributed by atoms with Crippen LogP contribution in [0.3, 0.4) is 0 Å². The first-order valence-corrected chi connectivity index (χ1v) is 5.33. The van der Waals surface area contributed by atoms with Crippen molar-refractivity contribution in [3.05, 3.63) is 35.9 Å². The maximum absolute atomic E-state index is 11.5. The molecule has 0 amide bonds. The van der Waals surface area contributed by atoms with Gasteiger partial charge in [-0.05, 0) is 6.07 Å². The summed E-state index contributed by atoms with van der Waals surface area (Å²) >= 11 is 0. The molecule has 2 rings (SSSR count). The smallest absolute Gasteiger partial charge is 0.328 e. The van der Waals surface area contributed by atoms with E-state index in [0.717, 1.165) is 0 Å². The minimum atomic E-state index is -0.502. The number of ether oxygens (including phenoxy) is 1. The first-order chi connectivity index (χ1) is 9.19. The van der Waals surface area contributed by atoms with E-state index in [1.54, 1.807) is 12.1 Å². The van der Waals surface area contributed by atoms with Gasteiger partial charge in [-0.3, -0.25) is 4.79 Å². The number of nitrogens with two attached hydrogens (primary N) is 1. The lowest BCUT2D eigenvalue weighted by Crippen LogP contribution is -2.14. The van der Waals surface area contributed by atoms with Crippen molar-refractivity contribution in [2.45, 2.75) is 13.2 Å². The zero-order valence-corrected chi connectivity index (χ0v) is 9.85. The SMILES string of the molecule is N#Cc1ncccc1COC(=O)Cn1cnc(N)n1. The highest BCUT2D eigenvalue weighted by Gasteiger charge is 2.08. The third-order valence-corrected chi connectivity index (χ3v) is 2.23. The zero-order chi connectivity index (χ0) is 13.7. The number of aromatic nitrogens is 4. The monoisotopic (exact) mass is 258 g/mol. The van der Waals surface area contributed by atoms with Gasteiger partial charge in [-0.1, -0.05) is 6.07 Å². The van der Waals surface area contributed by atoms with E-state index in [1.165, 1.54) is 17.2 Å². The molecule has 0 fully saturated rings. The lowest BCUT2D eigenvalue weighted by molar-refractivity contribution is -0.145. The van der Waals surface area contributed by atoms with Crippen LogP contribution in [-0.4, -0.2) is 25.7 Å². The number of hydrogen-bond acceptors (Lipinski definition) is 7. The van der Waals surface area contributed by atoms with Gasteiger partial charge >= 0.3 is 5.97 Å². The van der Waals surface area contributed by atoms with E-state index < -0.39 is 5.97 Å². The molecule has 19 heavy (non-hydrogen) atoms. The van der Waals surface area contributed by atoms with Crippen molar-refractivity contribution >= 4 is 11.9 Å². The van der Waals surface area contributed by atoms with Gasteiger partial charge in [-0.2, -0.15) is 5.26 Å². The van der Waals surface area contributed by atoms with Crippen molar-refractivity contribution in [2.75, 3.05) is 5.73 Å². The Hall–Kier alpha value is -2.95. The quantitative estimate of drug-likeness (QED) is 0.758. The molecular weight excluding hydrogens is 248 g/mol. The largest absolute Gasteiger partial charge is 0.459 e. The number of carbonyl (C=O) groups is 1. The number of hydrogen-bond donors (Lipinski definition) is 1. The molecule has 0 aliphatic heterocycles. The zero-order valence-electron chi connectivity index (χ0n) is 9.85. The number of esters is 1. The molecule has 2 aromatic heterocycles. The maximum atomic E-state index is 11.5. The predicted molar refractivity (Wildman–Crippen MR) is 63.2 cm³/mol. The Bertz CT molecular complexity index is 630. The van der Waals surface area contributed by atoms with Crippen molar-refractivity contribution in [2.24, 2.45) is 0 Å². The fourth-order valence-corrected chi connectivity index (χ4v) is 1.38. The number of nitrogen functional groups attached to an aromatic ring is 1. The fourth-order valence-electron chi connectivity index (χ4n) is 1.38. The summed E-state index contributed by atoms with van der Waals surface area (Å²) in [5.74, 6) is -0.413. The lowest BCUT2D eigenvalue weighted by Gasteiger charge is -2.05. The Balaban J connectivity index is 1.92. The highest BCUT2D eigenvalue weighted by atomic mass is 16.5. The molecule has 2 N–H and O–H groups in total. The van der Waals surface area contributed by atoms with Gasteiger partial charge in [0.1, 0.15) is 31.2 Å². The molecule has 0 aromatic carbocycles. The second-order valence-corrected chi connectivity index (χ2v) is 3.58. The molecule has 8 heteroatoms. The van der Waals surface area contributed by atoms with Crippen LogP contribution in [-0.2, 0) is 22.7 Å². The van der Waals surface area contributed by atoms with Gasteiger partial charge in [0.2, 0.25) is 5.95 Å². The summed E-state index contributed by atoms with van der Waals surface area (Å²) in [4.78, 5) is 19.1. The number of anilines is 1. The van der Waals surface area contributed by atoms with Crippen molar-refractivity contribution in [3.63, 3.8) is 0 Å². The van der Waals surface area contributed by atoms with Crippen LogP contribution in [0.25, 0.3) is 0 Å². The van der Waals surface area contributed by atoms with Gasteiger partial charge < -0.3 is 10.5 Å². The molecule has 0 unspecified atom stereocenters. The van der Waals surface area contributed by atoms with E-state index in [2.05, 4.69) is 15.1 Å². The van der Waals surface area contributed by atoms with E-state index in [-0.39, 0.29) is 24.8 Å². The number of rotatable bonds is 4. The van der Waals surface area contributed by atoms with Crippen molar-refractivity contribution in [3.8, 4) is 6.07 Å². The molecule has 0 atom stereocenters. The molecule has 0 aliphatic rings. The highest BCUT2D eigenvalue weighted by molar-refractivity contribution is 5.69. The molecule has 96 valence electrons. The van der Waals surface area contributed by atoms with Gasteiger partial charge in [0.05, 0.1) is 0 Å². The van der Waals surface area contributed by atoms with Crippen LogP contribution in [0.1, 0.15) is 11.3 Å². The van der Waals surface area contributed by atoms with Gasteiger partial charge in [0.15, 0.2) is 0 Å². The van der Waals surface area contributed by atoms with Gasteiger partial charge in [-0.25, -0.2) is 14.6 Å². The molecule has 2 heterocycles. The van der Waals surface area contributed by atoms with Crippen molar-refractivity contribution < 1.29 is 9.53 Å². The van der Waals surface area contributed by atoms with Crippen molar-refractivity contribution in [1.29, 1.82) is 5.26 Å². The van der Waals surface area contributed by atoms with Gasteiger partial charge in [0, 0.05) is 11.8 Å². The third-order valence-electron chi connectivity index (χ3n) is 2.23. The van der Waals surface area contributed by atoms with Crippen LogP contribution in [0.5, 0.6) is 0 Å². The van der Waals surface area contributed by atoms with Crippen LogP contribution < -0.4 is 5.73 Å². The number of pyridine rings is 1. The average Bonchev–Trinajstić information content (AvgIpc) is 2.82. The molecule has 8 nitrogen and oxygen atoms in total. The van der Waals surface area contributed by atoms with Gasteiger partial charge in [-0.15, -0.1) is 5.10 Å². The topological polar surface area (TPSA) is 120 Å². The van der Waals surface area contributed by atoms with Crippen LogP contribution in [0.15, 0.2) is 24.7 Å². The average molecular weight is 258 g/mol. The van der Waals surface area contributed by atoms with Gasteiger partial charge in [0.25, 0.3) is 0 Å². The molecular formula is C11H10N6O2. The van der Waals surface area contributed by atoms with Crippen molar-refractivity contribution in [1.82, 2.24) is 19.7 Å². The second kappa shape index (κ2) is 5.59. The van der Waals surface area contributed by atoms with E-state index in [0.29, 0.717) is 5.56 Å². The highest BCUT2D eigenvalue weighted by Crippen LogP contribution is 2.06. The third kappa shape index (κ3) is 3.26. The molecule has 0 spiro atoms. The van der Waals surface area contributed by atoms with Crippen LogP contribution in [0.2, 0.25) is 0 Å². The van der Waals surface area contributed by atoms with E-state index in [4.69, 9.17) is 15.7 Å². The summed E-state index contributed by atoms with van der Waals surface area (Å²) < 4.78 is 6.29. The second-order valence-electron chi connectivity index (χ2n) is 3.58. The predicted octanol–water partition coefficient (Wildman–Crippen LogP) is -0.130. The van der Waals surface area contributed by atoms with E-state index in [9.17, 15) is 4.79 Å². The molecule has 2 aromatic rings. The number of nitriles is 1. The Labute approximate surface area is 108 Å². The molecule has 0 radical (unpaired) electrons.